The van der Waals surface area contributed by atoms with Gasteiger partial charge in [0.2, 0.25) is 0 Å². The number of unbranched alkanes of at least 4 members (excludes halogenated alkanes) is 2. The van der Waals surface area contributed by atoms with Gasteiger partial charge >= 0.3 is 11.8 Å². The molecule has 5 nitrogen and oxygen atoms in total. The largest absolute Gasteiger partial charge is 0.494 e. The van der Waals surface area contributed by atoms with Gasteiger partial charge in [0.15, 0.2) is 0 Å². The van der Waals surface area contributed by atoms with Crippen molar-refractivity contribution in [2.45, 2.75) is 32.7 Å². The molecule has 0 spiro atoms. The summed E-state index contributed by atoms with van der Waals surface area (Å²) in [6.07, 6.45) is 3.27. The lowest BCUT2D eigenvalue weighted by Gasteiger charge is -2.09. The quantitative estimate of drug-likeness (QED) is 0.559. The minimum absolute atomic E-state index is 0.150. The molecule has 2 aromatic rings. The monoisotopic (exact) mass is 358 g/mol. The second-order valence-electron chi connectivity index (χ2n) is 5.84. The molecular formula is C20H23FN2O3. The van der Waals surface area contributed by atoms with E-state index in [9.17, 15) is 14.0 Å². The van der Waals surface area contributed by atoms with Crippen molar-refractivity contribution in [1.29, 1.82) is 0 Å². The van der Waals surface area contributed by atoms with E-state index in [1.165, 1.54) is 12.1 Å². The molecule has 2 amide bonds. The maximum absolute atomic E-state index is 12.8. The first-order valence-corrected chi connectivity index (χ1v) is 8.65. The van der Waals surface area contributed by atoms with Crippen LogP contribution in [0.4, 0.5) is 10.1 Å². The highest BCUT2D eigenvalue weighted by atomic mass is 19.1. The predicted octanol–water partition coefficient (Wildman–Crippen LogP) is 3.65. The molecule has 138 valence electrons. The zero-order valence-corrected chi connectivity index (χ0v) is 14.8. The molecule has 0 aliphatic carbocycles. The van der Waals surface area contributed by atoms with Crippen LogP contribution in [0.15, 0.2) is 48.5 Å². The average Bonchev–Trinajstić information content (AvgIpc) is 2.66. The van der Waals surface area contributed by atoms with Gasteiger partial charge in [0.25, 0.3) is 0 Å². The maximum atomic E-state index is 12.8. The summed E-state index contributed by atoms with van der Waals surface area (Å²) in [5.41, 5.74) is 1.21. The van der Waals surface area contributed by atoms with Crippen molar-refractivity contribution in [2.75, 3.05) is 11.9 Å². The standard InChI is InChI=1S/C20H23FN2O3/c1-2-3-4-13-26-18-11-9-17(10-12-18)23-20(25)19(24)22-14-15-5-7-16(21)8-6-15/h5-12H,2-4,13-14H2,1H3,(H,22,24)(H,23,25). The number of amides is 2. The van der Waals surface area contributed by atoms with Crippen molar-refractivity contribution in [3.63, 3.8) is 0 Å². The lowest BCUT2D eigenvalue weighted by molar-refractivity contribution is -0.136. The van der Waals surface area contributed by atoms with E-state index in [1.807, 2.05) is 0 Å². The van der Waals surface area contributed by atoms with Crippen LogP contribution in [-0.2, 0) is 16.1 Å². The minimum Gasteiger partial charge on any atom is -0.494 e. The maximum Gasteiger partial charge on any atom is 0.313 e. The predicted molar refractivity (Wildman–Crippen MR) is 98.3 cm³/mol. The molecule has 2 aromatic carbocycles. The molecule has 0 radical (unpaired) electrons. The van der Waals surface area contributed by atoms with Gasteiger partial charge in [0.05, 0.1) is 6.61 Å². The van der Waals surface area contributed by atoms with Crippen molar-refractivity contribution in [1.82, 2.24) is 5.32 Å². The Kier molecular flexibility index (Phi) is 7.61. The van der Waals surface area contributed by atoms with Gasteiger partial charge < -0.3 is 15.4 Å². The Bertz CT molecular complexity index is 715. The summed E-state index contributed by atoms with van der Waals surface area (Å²) in [4.78, 5) is 23.7. The number of benzene rings is 2. The van der Waals surface area contributed by atoms with Crippen LogP contribution in [0.1, 0.15) is 31.7 Å². The fourth-order valence-electron chi connectivity index (χ4n) is 2.23. The zero-order valence-electron chi connectivity index (χ0n) is 14.8. The molecule has 0 aromatic heterocycles. The lowest BCUT2D eigenvalue weighted by atomic mass is 10.2. The molecule has 0 heterocycles. The van der Waals surface area contributed by atoms with Crippen molar-refractivity contribution in [3.8, 4) is 5.75 Å². The fourth-order valence-corrected chi connectivity index (χ4v) is 2.23. The van der Waals surface area contributed by atoms with E-state index >= 15 is 0 Å². The van der Waals surface area contributed by atoms with Crippen molar-refractivity contribution < 1.29 is 18.7 Å². The second-order valence-corrected chi connectivity index (χ2v) is 5.84. The van der Waals surface area contributed by atoms with Crippen LogP contribution in [0.5, 0.6) is 5.75 Å². The molecule has 2 N–H and O–H groups in total. The Labute approximate surface area is 152 Å². The van der Waals surface area contributed by atoms with E-state index in [1.54, 1.807) is 36.4 Å². The fraction of sp³-hybridized carbons (Fsp3) is 0.300. The Hall–Kier alpha value is -2.89. The summed E-state index contributed by atoms with van der Waals surface area (Å²) in [5, 5.41) is 5.02. The Morgan fingerprint density at radius 2 is 1.65 bits per heavy atom. The smallest absolute Gasteiger partial charge is 0.313 e. The highest BCUT2D eigenvalue weighted by Crippen LogP contribution is 2.16. The number of ether oxygens (including phenoxy) is 1. The van der Waals surface area contributed by atoms with E-state index in [2.05, 4.69) is 17.6 Å². The average molecular weight is 358 g/mol. The highest BCUT2D eigenvalue weighted by molar-refractivity contribution is 6.39. The Morgan fingerprint density at radius 3 is 2.31 bits per heavy atom. The molecule has 0 unspecified atom stereocenters. The van der Waals surface area contributed by atoms with Crippen LogP contribution < -0.4 is 15.4 Å². The molecule has 2 rings (SSSR count). The third kappa shape index (κ3) is 6.55. The molecular weight excluding hydrogens is 335 g/mol. The van der Waals surface area contributed by atoms with Gasteiger partial charge in [-0.05, 0) is 48.4 Å². The van der Waals surface area contributed by atoms with Gasteiger partial charge in [-0.3, -0.25) is 9.59 Å². The summed E-state index contributed by atoms with van der Waals surface area (Å²) in [6, 6.07) is 12.6. The van der Waals surface area contributed by atoms with Gasteiger partial charge in [-0.25, -0.2) is 4.39 Å². The van der Waals surface area contributed by atoms with Gasteiger partial charge in [-0.1, -0.05) is 31.9 Å². The van der Waals surface area contributed by atoms with E-state index in [4.69, 9.17) is 4.74 Å². The van der Waals surface area contributed by atoms with E-state index in [-0.39, 0.29) is 12.4 Å². The number of nitrogens with one attached hydrogen (secondary N) is 2. The summed E-state index contributed by atoms with van der Waals surface area (Å²) in [6.45, 7) is 2.94. The number of carbonyl (C=O) groups excluding carboxylic acids is 2. The SMILES string of the molecule is CCCCCOc1ccc(NC(=O)C(=O)NCc2ccc(F)cc2)cc1. The molecule has 0 bridgehead atoms. The van der Waals surface area contributed by atoms with E-state index < -0.39 is 11.8 Å². The number of hydrogen-bond acceptors (Lipinski definition) is 3. The number of carbonyl (C=O) groups is 2. The van der Waals surface area contributed by atoms with Crippen LogP contribution in [0.3, 0.4) is 0 Å². The highest BCUT2D eigenvalue weighted by Gasteiger charge is 2.13. The molecule has 0 fully saturated rings. The first-order valence-electron chi connectivity index (χ1n) is 8.65. The Balaban J connectivity index is 1.77. The summed E-state index contributed by atoms with van der Waals surface area (Å²) in [5.74, 6) is -1.14. The van der Waals surface area contributed by atoms with Gasteiger partial charge in [-0.15, -0.1) is 0 Å². The van der Waals surface area contributed by atoms with Crippen LogP contribution in [0.25, 0.3) is 0 Å². The van der Waals surface area contributed by atoms with Crippen LogP contribution >= 0.6 is 0 Å². The summed E-state index contributed by atoms with van der Waals surface area (Å²) < 4.78 is 18.4. The number of hydrogen-bond donors (Lipinski definition) is 2. The molecule has 26 heavy (non-hydrogen) atoms. The van der Waals surface area contributed by atoms with Crippen LogP contribution in [0, 0.1) is 5.82 Å². The van der Waals surface area contributed by atoms with Crippen LogP contribution in [0.2, 0.25) is 0 Å². The molecule has 6 heteroatoms. The van der Waals surface area contributed by atoms with Crippen molar-refractivity contribution >= 4 is 17.5 Å². The van der Waals surface area contributed by atoms with Gasteiger partial charge in [-0.2, -0.15) is 0 Å². The summed E-state index contributed by atoms with van der Waals surface area (Å²) >= 11 is 0. The third-order valence-corrected chi connectivity index (χ3v) is 3.70. The molecule has 0 aliphatic heterocycles. The van der Waals surface area contributed by atoms with Crippen molar-refractivity contribution in [3.05, 3.63) is 59.9 Å². The van der Waals surface area contributed by atoms with Crippen LogP contribution in [-0.4, -0.2) is 18.4 Å². The van der Waals surface area contributed by atoms with Crippen molar-refractivity contribution in [2.24, 2.45) is 0 Å². The lowest BCUT2D eigenvalue weighted by Crippen LogP contribution is -2.34. The molecule has 0 saturated heterocycles. The third-order valence-electron chi connectivity index (χ3n) is 3.70. The van der Waals surface area contributed by atoms with Gasteiger partial charge in [0, 0.05) is 12.2 Å². The second kappa shape index (κ2) is 10.2. The topological polar surface area (TPSA) is 67.4 Å². The minimum atomic E-state index is -0.760. The van der Waals surface area contributed by atoms with E-state index in [0.717, 1.165) is 25.0 Å². The van der Waals surface area contributed by atoms with Gasteiger partial charge in [0.1, 0.15) is 11.6 Å². The zero-order chi connectivity index (χ0) is 18.8. The number of anilines is 1. The number of halogens is 1. The Morgan fingerprint density at radius 1 is 0.962 bits per heavy atom. The molecule has 0 atom stereocenters. The molecule has 0 aliphatic rings. The molecule has 0 saturated carbocycles. The number of rotatable bonds is 8. The normalized spacial score (nSPS) is 10.2. The first-order chi connectivity index (χ1) is 12.6. The first kappa shape index (κ1) is 19.4. The van der Waals surface area contributed by atoms with E-state index in [0.29, 0.717) is 17.9 Å². The summed E-state index contributed by atoms with van der Waals surface area (Å²) in [7, 11) is 0.